The number of Topliss-reactive ketones (excluding diaryl/α,β-unsaturated/α-hetero) is 2. The maximum atomic E-state index is 11.2. The van der Waals surface area contributed by atoms with Crippen LogP contribution >= 0.6 is 0 Å². The van der Waals surface area contributed by atoms with Gasteiger partial charge in [0.2, 0.25) is 5.78 Å². The maximum absolute atomic E-state index is 11.2. The summed E-state index contributed by atoms with van der Waals surface area (Å²) in [6.45, 7) is 3.14. The highest BCUT2D eigenvalue weighted by Crippen LogP contribution is 2.08. The Kier molecular flexibility index (Phi) is 2.43. The number of hydrogen-bond donors (Lipinski definition) is 0. The Bertz CT molecular complexity index is 309. The summed E-state index contributed by atoms with van der Waals surface area (Å²) in [6.07, 6.45) is -0.0764. The normalized spacial score (nSPS) is 9.83. The van der Waals surface area contributed by atoms with E-state index in [-0.39, 0.29) is 23.7 Å². The van der Waals surface area contributed by atoms with Gasteiger partial charge in [-0.05, 0) is 26.0 Å². The van der Waals surface area contributed by atoms with Gasteiger partial charge in [0, 0.05) is 0 Å². The van der Waals surface area contributed by atoms with E-state index >= 15 is 0 Å². The molecule has 1 aromatic rings. The zero-order valence-corrected chi connectivity index (χ0v) is 7.09. The predicted octanol–water partition coefficient (Wildman–Crippen LogP) is 1.75. The van der Waals surface area contributed by atoms with E-state index in [4.69, 9.17) is 4.42 Å². The van der Waals surface area contributed by atoms with E-state index in [9.17, 15) is 9.59 Å². The average Bonchev–Trinajstić information content (AvgIpc) is 2.34. The van der Waals surface area contributed by atoms with Gasteiger partial charge < -0.3 is 4.42 Å². The van der Waals surface area contributed by atoms with Gasteiger partial charge in [-0.25, -0.2) is 0 Å². The number of carbonyl (C=O) groups is 2. The highest BCUT2D eigenvalue weighted by molar-refractivity contribution is 6.05. The monoisotopic (exact) mass is 166 g/mol. The number of furan rings is 1. The summed E-state index contributed by atoms with van der Waals surface area (Å²) >= 11 is 0. The van der Waals surface area contributed by atoms with E-state index in [0.29, 0.717) is 5.76 Å². The van der Waals surface area contributed by atoms with Crippen molar-refractivity contribution in [2.75, 3.05) is 0 Å². The molecule has 0 saturated heterocycles. The fourth-order valence-electron chi connectivity index (χ4n) is 0.898. The van der Waals surface area contributed by atoms with Crippen molar-refractivity contribution < 1.29 is 14.0 Å². The molecule has 0 aromatic carbocycles. The molecular weight excluding hydrogens is 156 g/mol. The topological polar surface area (TPSA) is 47.3 Å². The van der Waals surface area contributed by atoms with Crippen LogP contribution in [0.15, 0.2) is 16.5 Å². The lowest BCUT2D eigenvalue weighted by Crippen LogP contribution is -2.03. The summed E-state index contributed by atoms with van der Waals surface area (Å²) in [6, 6.07) is 3.29. The van der Waals surface area contributed by atoms with Crippen LogP contribution in [-0.2, 0) is 4.79 Å². The molecule has 0 aliphatic heterocycles. The molecule has 0 aliphatic rings. The molecule has 0 saturated carbocycles. The zero-order chi connectivity index (χ0) is 9.14. The van der Waals surface area contributed by atoms with Gasteiger partial charge >= 0.3 is 0 Å². The zero-order valence-electron chi connectivity index (χ0n) is 7.09. The van der Waals surface area contributed by atoms with Crippen molar-refractivity contribution in [3.63, 3.8) is 0 Å². The minimum atomic E-state index is -0.254. The molecule has 0 radical (unpaired) electrons. The Morgan fingerprint density at radius 2 is 2.08 bits per heavy atom. The van der Waals surface area contributed by atoms with Crippen LogP contribution in [0, 0.1) is 6.92 Å². The first-order chi connectivity index (χ1) is 5.59. The highest BCUT2D eigenvalue weighted by atomic mass is 16.3. The minimum Gasteiger partial charge on any atom is -0.458 e. The highest BCUT2D eigenvalue weighted by Gasteiger charge is 2.11. The smallest absolute Gasteiger partial charge is 0.205 e. The van der Waals surface area contributed by atoms with Gasteiger partial charge in [0.15, 0.2) is 5.76 Å². The average molecular weight is 166 g/mol. The largest absolute Gasteiger partial charge is 0.458 e. The van der Waals surface area contributed by atoms with Gasteiger partial charge in [0.25, 0.3) is 0 Å². The SMILES string of the molecule is CC(=O)CC(=O)c1ccc(C)o1. The standard InChI is InChI=1S/C9H10O3/c1-6(10)5-8(11)9-4-3-7(2)12-9/h3-4H,5H2,1-2H3. The molecule has 0 amide bonds. The van der Waals surface area contributed by atoms with Crippen molar-refractivity contribution in [2.24, 2.45) is 0 Å². The van der Waals surface area contributed by atoms with Crippen LogP contribution in [0.25, 0.3) is 0 Å². The first-order valence-corrected chi connectivity index (χ1v) is 3.68. The van der Waals surface area contributed by atoms with Crippen molar-refractivity contribution in [2.45, 2.75) is 20.3 Å². The quantitative estimate of drug-likeness (QED) is 0.507. The Hall–Kier alpha value is -1.38. The van der Waals surface area contributed by atoms with Crippen LogP contribution in [0.4, 0.5) is 0 Å². The summed E-state index contributed by atoms with van der Waals surface area (Å²) in [7, 11) is 0. The molecule has 0 unspecified atom stereocenters. The predicted molar refractivity (Wildman–Crippen MR) is 43.1 cm³/mol. The molecule has 12 heavy (non-hydrogen) atoms. The fraction of sp³-hybridized carbons (Fsp3) is 0.333. The van der Waals surface area contributed by atoms with Crippen molar-refractivity contribution in [1.82, 2.24) is 0 Å². The summed E-state index contributed by atoms with van der Waals surface area (Å²) in [5.41, 5.74) is 0. The Morgan fingerprint density at radius 1 is 1.42 bits per heavy atom. The molecule has 0 spiro atoms. The molecule has 1 rings (SSSR count). The minimum absolute atomic E-state index is 0.0764. The maximum Gasteiger partial charge on any atom is 0.205 e. The molecule has 3 heteroatoms. The fourth-order valence-corrected chi connectivity index (χ4v) is 0.898. The molecule has 64 valence electrons. The summed E-state index contributed by atoms with van der Waals surface area (Å²) < 4.78 is 5.04. The number of carbonyl (C=O) groups excluding carboxylic acids is 2. The second-order valence-corrected chi connectivity index (χ2v) is 2.71. The van der Waals surface area contributed by atoms with Crippen molar-refractivity contribution >= 4 is 11.6 Å². The van der Waals surface area contributed by atoms with E-state index in [2.05, 4.69) is 0 Å². The van der Waals surface area contributed by atoms with Gasteiger partial charge in [-0.1, -0.05) is 0 Å². The van der Waals surface area contributed by atoms with Gasteiger partial charge in [0.05, 0.1) is 6.42 Å². The molecule has 0 aliphatic carbocycles. The first-order valence-electron chi connectivity index (χ1n) is 3.68. The summed E-state index contributed by atoms with van der Waals surface area (Å²) in [5.74, 6) is 0.550. The van der Waals surface area contributed by atoms with Crippen molar-refractivity contribution in [3.8, 4) is 0 Å². The number of rotatable bonds is 3. The van der Waals surface area contributed by atoms with E-state index in [0.717, 1.165) is 0 Å². The second-order valence-electron chi connectivity index (χ2n) is 2.71. The third-order valence-corrected chi connectivity index (χ3v) is 1.42. The van der Waals surface area contributed by atoms with Crippen LogP contribution in [0.2, 0.25) is 0 Å². The molecule has 0 N–H and O–H groups in total. The van der Waals surface area contributed by atoms with Crippen LogP contribution in [0.1, 0.15) is 29.7 Å². The van der Waals surface area contributed by atoms with Crippen molar-refractivity contribution in [3.05, 3.63) is 23.7 Å². The van der Waals surface area contributed by atoms with Crippen LogP contribution < -0.4 is 0 Å². The third-order valence-electron chi connectivity index (χ3n) is 1.42. The first kappa shape index (κ1) is 8.71. The summed E-state index contributed by atoms with van der Waals surface area (Å²) in [4.78, 5) is 21.7. The lowest BCUT2D eigenvalue weighted by molar-refractivity contribution is -0.116. The Labute approximate surface area is 70.4 Å². The number of hydrogen-bond acceptors (Lipinski definition) is 3. The lowest BCUT2D eigenvalue weighted by Gasteiger charge is -1.91. The molecule has 1 aromatic heterocycles. The molecule has 0 atom stereocenters. The van der Waals surface area contributed by atoms with Crippen LogP contribution in [-0.4, -0.2) is 11.6 Å². The van der Waals surface area contributed by atoms with Gasteiger partial charge in [-0.3, -0.25) is 9.59 Å². The van der Waals surface area contributed by atoms with Gasteiger partial charge in [-0.15, -0.1) is 0 Å². The van der Waals surface area contributed by atoms with E-state index < -0.39 is 0 Å². The molecule has 0 bridgehead atoms. The van der Waals surface area contributed by atoms with E-state index in [1.165, 1.54) is 6.92 Å². The van der Waals surface area contributed by atoms with E-state index in [1.807, 2.05) is 0 Å². The molecule has 3 nitrogen and oxygen atoms in total. The van der Waals surface area contributed by atoms with Crippen molar-refractivity contribution in [1.29, 1.82) is 0 Å². The van der Waals surface area contributed by atoms with Gasteiger partial charge in [-0.2, -0.15) is 0 Å². The molecular formula is C9H10O3. The second kappa shape index (κ2) is 3.34. The summed E-state index contributed by atoms with van der Waals surface area (Å²) in [5, 5.41) is 0. The van der Waals surface area contributed by atoms with Crippen LogP contribution in [0.5, 0.6) is 0 Å². The number of aryl methyl sites for hydroxylation is 1. The van der Waals surface area contributed by atoms with Gasteiger partial charge in [0.1, 0.15) is 11.5 Å². The number of ketones is 2. The lowest BCUT2D eigenvalue weighted by atomic mass is 10.2. The Morgan fingerprint density at radius 3 is 2.50 bits per heavy atom. The van der Waals surface area contributed by atoms with E-state index in [1.54, 1.807) is 19.1 Å². The third kappa shape index (κ3) is 2.05. The molecule has 0 fully saturated rings. The molecule has 1 heterocycles. The Balaban J connectivity index is 2.72. The van der Waals surface area contributed by atoms with Crippen LogP contribution in [0.3, 0.4) is 0 Å².